The van der Waals surface area contributed by atoms with Gasteiger partial charge >= 0.3 is 0 Å². The van der Waals surface area contributed by atoms with Crippen molar-refractivity contribution in [2.24, 2.45) is 0 Å². The monoisotopic (exact) mass is 198 g/mol. The first kappa shape index (κ1) is 10.4. The lowest BCUT2D eigenvalue weighted by atomic mass is 10.1. The molecule has 3 nitrogen and oxygen atoms in total. The maximum absolute atomic E-state index is 5.65. The van der Waals surface area contributed by atoms with Crippen molar-refractivity contribution in [3.05, 3.63) is 0 Å². The lowest BCUT2D eigenvalue weighted by Crippen LogP contribution is -2.55. The summed E-state index contributed by atoms with van der Waals surface area (Å²) in [5.41, 5.74) is 0.517. The van der Waals surface area contributed by atoms with Crippen molar-refractivity contribution in [2.45, 2.75) is 38.5 Å². The van der Waals surface area contributed by atoms with Crippen LogP contribution in [0.25, 0.3) is 0 Å². The van der Waals surface area contributed by atoms with Crippen LogP contribution in [0.3, 0.4) is 0 Å². The predicted molar refractivity (Wildman–Crippen MR) is 57.3 cm³/mol. The quantitative estimate of drug-likeness (QED) is 0.676. The summed E-state index contributed by atoms with van der Waals surface area (Å²) < 4.78 is 5.65. The fourth-order valence-electron chi connectivity index (χ4n) is 2.43. The molecule has 2 rings (SSSR count). The van der Waals surface area contributed by atoms with Crippen molar-refractivity contribution < 1.29 is 4.74 Å². The lowest BCUT2D eigenvalue weighted by molar-refractivity contribution is -0.0747. The van der Waals surface area contributed by atoms with E-state index in [2.05, 4.69) is 30.7 Å². The van der Waals surface area contributed by atoms with Crippen LogP contribution in [0.4, 0.5) is 0 Å². The van der Waals surface area contributed by atoms with Crippen molar-refractivity contribution in [1.29, 1.82) is 0 Å². The second-order valence-electron chi connectivity index (χ2n) is 4.67. The fraction of sp³-hybridized carbons (Fsp3) is 1.00. The number of hydrogen-bond donors (Lipinski definition) is 0. The van der Waals surface area contributed by atoms with Crippen LogP contribution in [-0.2, 0) is 4.74 Å². The van der Waals surface area contributed by atoms with E-state index in [0.717, 1.165) is 13.2 Å². The Morgan fingerprint density at radius 1 is 1.36 bits per heavy atom. The number of likely N-dealkylation sites (N-methyl/N-ethyl adjacent to an activating group) is 1. The summed E-state index contributed by atoms with van der Waals surface area (Å²) >= 11 is 0. The van der Waals surface area contributed by atoms with Gasteiger partial charge in [0.2, 0.25) is 0 Å². The average Bonchev–Trinajstić information content (AvgIpc) is 2.92. The highest BCUT2D eigenvalue weighted by atomic mass is 16.5. The maximum Gasteiger partial charge on any atom is 0.107 e. The first-order chi connectivity index (χ1) is 6.68. The largest absolute Gasteiger partial charge is 0.364 e. The normalized spacial score (nSPS) is 29.4. The lowest BCUT2D eigenvalue weighted by Gasteiger charge is -2.42. The average molecular weight is 198 g/mol. The third-order valence-electron chi connectivity index (χ3n) is 3.78. The third kappa shape index (κ3) is 1.81. The van der Waals surface area contributed by atoms with Crippen LogP contribution in [0, 0.1) is 0 Å². The molecule has 1 aliphatic carbocycles. The summed E-state index contributed by atoms with van der Waals surface area (Å²) in [4.78, 5) is 5.01. The van der Waals surface area contributed by atoms with E-state index in [1.54, 1.807) is 0 Å². The zero-order valence-electron chi connectivity index (χ0n) is 9.62. The minimum absolute atomic E-state index is 0.297. The summed E-state index contributed by atoms with van der Waals surface area (Å²) in [5.74, 6) is 0. The smallest absolute Gasteiger partial charge is 0.107 e. The molecule has 3 heteroatoms. The Kier molecular flexibility index (Phi) is 2.82. The van der Waals surface area contributed by atoms with Gasteiger partial charge < -0.3 is 4.74 Å². The zero-order chi connectivity index (χ0) is 10.2. The summed E-state index contributed by atoms with van der Waals surface area (Å²) in [5, 5.41) is 0. The molecular weight excluding hydrogens is 176 g/mol. The van der Waals surface area contributed by atoms with Gasteiger partial charge in [0, 0.05) is 31.8 Å². The highest BCUT2D eigenvalue weighted by Gasteiger charge is 2.50. The van der Waals surface area contributed by atoms with Crippen LogP contribution >= 0.6 is 0 Å². The highest BCUT2D eigenvalue weighted by Crippen LogP contribution is 2.43. The van der Waals surface area contributed by atoms with Crippen LogP contribution in [0.15, 0.2) is 0 Å². The van der Waals surface area contributed by atoms with E-state index < -0.39 is 0 Å². The summed E-state index contributed by atoms with van der Waals surface area (Å²) in [6.07, 6.45) is 3.05. The van der Waals surface area contributed by atoms with Gasteiger partial charge in [-0.05, 0) is 33.7 Å². The van der Waals surface area contributed by atoms with Gasteiger partial charge in [-0.1, -0.05) is 0 Å². The van der Waals surface area contributed by atoms with Gasteiger partial charge in [-0.2, -0.15) is 0 Å². The number of hydrogen-bond acceptors (Lipinski definition) is 3. The molecular formula is C11H22N2O. The Labute approximate surface area is 87.0 Å². The molecule has 0 aromatic heterocycles. The molecule has 1 unspecified atom stereocenters. The first-order valence-electron chi connectivity index (χ1n) is 5.75. The number of rotatable bonds is 3. The minimum Gasteiger partial charge on any atom is -0.364 e. The van der Waals surface area contributed by atoms with Crippen molar-refractivity contribution in [3.63, 3.8) is 0 Å². The van der Waals surface area contributed by atoms with Crippen LogP contribution in [0.2, 0.25) is 0 Å². The Hall–Kier alpha value is -0.120. The molecule has 2 fully saturated rings. The Balaban J connectivity index is 1.90. The molecule has 1 saturated heterocycles. The molecule has 0 aromatic rings. The molecule has 1 saturated carbocycles. The Morgan fingerprint density at radius 2 is 2.07 bits per heavy atom. The Bertz CT molecular complexity index is 203. The van der Waals surface area contributed by atoms with Crippen LogP contribution in [0.1, 0.15) is 26.7 Å². The minimum atomic E-state index is 0.297. The van der Waals surface area contributed by atoms with Crippen LogP contribution < -0.4 is 0 Å². The molecule has 1 spiro atoms. The molecule has 0 N–H and O–H groups in total. The van der Waals surface area contributed by atoms with Crippen LogP contribution in [-0.4, -0.2) is 54.9 Å². The van der Waals surface area contributed by atoms with E-state index >= 15 is 0 Å². The van der Waals surface area contributed by atoms with E-state index in [1.807, 2.05) is 0 Å². The van der Waals surface area contributed by atoms with Gasteiger partial charge in [-0.3, -0.25) is 9.80 Å². The molecule has 1 atom stereocenters. The highest BCUT2D eigenvalue weighted by molar-refractivity contribution is 5.07. The molecule has 0 amide bonds. The first-order valence-corrected chi connectivity index (χ1v) is 5.75. The zero-order valence-corrected chi connectivity index (χ0v) is 9.62. The van der Waals surface area contributed by atoms with Crippen molar-refractivity contribution in [1.82, 2.24) is 9.80 Å². The van der Waals surface area contributed by atoms with Crippen molar-refractivity contribution in [2.75, 3.05) is 33.3 Å². The molecule has 82 valence electrons. The number of ether oxygens (including phenoxy) is 1. The molecule has 2 aliphatic rings. The molecule has 1 aliphatic heterocycles. The van der Waals surface area contributed by atoms with Gasteiger partial charge in [0.1, 0.15) is 6.23 Å². The summed E-state index contributed by atoms with van der Waals surface area (Å²) in [6.45, 7) is 8.60. The van der Waals surface area contributed by atoms with E-state index in [0.29, 0.717) is 11.8 Å². The van der Waals surface area contributed by atoms with Crippen molar-refractivity contribution in [3.8, 4) is 0 Å². The molecule has 0 bridgehead atoms. The third-order valence-corrected chi connectivity index (χ3v) is 3.78. The molecule has 0 radical (unpaired) electrons. The second kappa shape index (κ2) is 3.80. The van der Waals surface area contributed by atoms with Gasteiger partial charge in [0.05, 0.1) is 0 Å². The van der Waals surface area contributed by atoms with Gasteiger partial charge in [-0.15, -0.1) is 0 Å². The SMILES string of the molecule is CCOC(C)N1CCN(C)C2(CC2)C1. The summed E-state index contributed by atoms with van der Waals surface area (Å²) in [7, 11) is 2.26. The Morgan fingerprint density at radius 3 is 2.64 bits per heavy atom. The number of piperazine rings is 1. The van der Waals surface area contributed by atoms with E-state index in [9.17, 15) is 0 Å². The molecule has 0 aromatic carbocycles. The van der Waals surface area contributed by atoms with E-state index in [1.165, 1.54) is 25.9 Å². The molecule has 14 heavy (non-hydrogen) atoms. The summed E-state index contributed by atoms with van der Waals surface area (Å²) in [6, 6.07) is 0. The van der Waals surface area contributed by atoms with Gasteiger partial charge in [0.15, 0.2) is 0 Å². The van der Waals surface area contributed by atoms with Crippen molar-refractivity contribution >= 4 is 0 Å². The van der Waals surface area contributed by atoms with Gasteiger partial charge in [0.25, 0.3) is 0 Å². The van der Waals surface area contributed by atoms with E-state index in [4.69, 9.17) is 4.74 Å². The maximum atomic E-state index is 5.65. The number of nitrogens with zero attached hydrogens (tertiary/aromatic N) is 2. The second-order valence-corrected chi connectivity index (χ2v) is 4.67. The topological polar surface area (TPSA) is 15.7 Å². The standard InChI is InChI=1S/C11H22N2O/c1-4-14-10(2)13-8-7-12(3)11(9-13)5-6-11/h10H,4-9H2,1-3H3. The van der Waals surface area contributed by atoms with E-state index in [-0.39, 0.29) is 0 Å². The predicted octanol–water partition coefficient (Wildman–Crippen LogP) is 1.15. The van der Waals surface area contributed by atoms with Gasteiger partial charge in [-0.25, -0.2) is 0 Å². The van der Waals surface area contributed by atoms with Crippen LogP contribution in [0.5, 0.6) is 0 Å². The molecule has 1 heterocycles. The fourth-order valence-corrected chi connectivity index (χ4v) is 2.43.